The number of amides is 1. The second-order valence-electron chi connectivity index (χ2n) is 6.81. The van der Waals surface area contributed by atoms with E-state index in [9.17, 15) is 4.79 Å². The van der Waals surface area contributed by atoms with Gasteiger partial charge in [-0.15, -0.1) is 0 Å². The summed E-state index contributed by atoms with van der Waals surface area (Å²) >= 11 is 5.95. The number of carbonyl (C=O) groups excluding carboxylic acids is 1. The van der Waals surface area contributed by atoms with Crippen molar-refractivity contribution < 1.29 is 4.79 Å². The van der Waals surface area contributed by atoms with Crippen molar-refractivity contribution in [3.8, 4) is 0 Å². The molecule has 0 aliphatic rings. The first kappa shape index (κ1) is 18.3. The summed E-state index contributed by atoms with van der Waals surface area (Å²) < 4.78 is 2.06. The zero-order valence-corrected chi connectivity index (χ0v) is 16.2. The van der Waals surface area contributed by atoms with Gasteiger partial charge in [-0.2, -0.15) is 0 Å². The first-order valence-corrected chi connectivity index (χ1v) is 9.53. The Kier molecular flexibility index (Phi) is 5.13. The van der Waals surface area contributed by atoms with Gasteiger partial charge in [-0.1, -0.05) is 54.1 Å². The average Bonchev–Trinajstić information content (AvgIpc) is 3.12. The van der Waals surface area contributed by atoms with Crippen LogP contribution < -0.4 is 5.32 Å². The monoisotopic (exact) mass is 389 g/mol. The fraction of sp³-hybridized carbons (Fsp3) is 0.130. The van der Waals surface area contributed by atoms with E-state index in [0.29, 0.717) is 12.1 Å². The molecule has 5 heteroatoms. The third-order valence-electron chi connectivity index (χ3n) is 4.80. The van der Waals surface area contributed by atoms with E-state index in [0.717, 1.165) is 27.2 Å². The molecule has 1 atom stereocenters. The van der Waals surface area contributed by atoms with Crippen molar-refractivity contribution in [2.45, 2.75) is 19.5 Å². The molecule has 1 unspecified atom stereocenters. The number of hydrogen-bond acceptors (Lipinski definition) is 2. The Morgan fingerprint density at radius 3 is 2.57 bits per heavy atom. The smallest absolute Gasteiger partial charge is 0.251 e. The number of aromatic nitrogens is 2. The highest BCUT2D eigenvalue weighted by atomic mass is 35.5. The van der Waals surface area contributed by atoms with E-state index < -0.39 is 0 Å². The van der Waals surface area contributed by atoms with Crippen LogP contribution in [0.4, 0.5) is 0 Å². The maximum Gasteiger partial charge on any atom is 0.251 e. The molecule has 0 spiro atoms. The van der Waals surface area contributed by atoms with Gasteiger partial charge in [0.05, 0.1) is 23.4 Å². The number of nitrogens with one attached hydrogen (secondary N) is 1. The molecule has 0 saturated carbocycles. The van der Waals surface area contributed by atoms with Gasteiger partial charge in [0.2, 0.25) is 0 Å². The number of imidazole rings is 1. The van der Waals surface area contributed by atoms with Gasteiger partial charge in [-0.05, 0) is 48.4 Å². The molecule has 0 aliphatic heterocycles. The summed E-state index contributed by atoms with van der Waals surface area (Å²) in [6.45, 7) is 2.68. The second kappa shape index (κ2) is 7.87. The summed E-state index contributed by atoms with van der Waals surface area (Å²) in [4.78, 5) is 17.1. The van der Waals surface area contributed by atoms with Crippen molar-refractivity contribution in [2.24, 2.45) is 0 Å². The van der Waals surface area contributed by atoms with E-state index in [2.05, 4.69) is 14.9 Å². The van der Waals surface area contributed by atoms with Crippen molar-refractivity contribution in [3.63, 3.8) is 0 Å². The average molecular weight is 390 g/mol. The first-order chi connectivity index (χ1) is 13.6. The normalized spacial score (nSPS) is 12.1. The fourth-order valence-corrected chi connectivity index (χ4v) is 3.35. The van der Waals surface area contributed by atoms with Crippen LogP contribution in [0.2, 0.25) is 5.02 Å². The molecule has 0 fully saturated rings. The van der Waals surface area contributed by atoms with E-state index in [1.165, 1.54) is 0 Å². The van der Waals surface area contributed by atoms with E-state index in [4.69, 9.17) is 11.6 Å². The minimum absolute atomic E-state index is 0.0631. The molecule has 0 saturated heterocycles. The summed E-state index contributed by atoms with van der Waals surface area (Å²) in [7, 11) is 0. The van der Waals surface area contributed by atoms with Crippen molar-refractivity contribution in [1.82, 2.24) is 14.9 Å². The van der Waals surface area contributed by atoms with Gasteiger partial charge in [0, 0.05) is 17.1 Å². The maximum atomic E-state index is 12.6. The third-order valence-corrected chi connectivity index (χ3v) is 5.05. The Bertz CT molecular complexity index is 1100. The fourth-order valence-electron chi connectivity index (χ4n) is 3.22. The van der Waals surface area contributed by atoms with Crippen LogP contribution >= 0.6 is 11.6 Å². The number of halogens is 1. The van der Waals surface area contributed by atoms with E-state index in [1.807, 2.05) is 79.7 Å². The highest BCUT2D eigenvalue weighted by Crippen LogP contribution is 2.19. The quantitative estimate of drug-likeness (QED) is 0.508. The molecule has 0 radical (unpaired) electrons. The molecule has 4 nitrogen and oxygen atoms in total. The molecule has 0 bridgehead atoms. The number of rotatable bonds is 5. The second-order valence-corrected chi connectivity index (χ2v) is 7.24. The van der Waals surface area contributed by atoms with E-state index >= 15 is 0 Å². The van der Waals surface area contributed by atoms with Crippen LogP contribution in [0.3, 0.4) is 0 Å². The van der Waals surface area contributed by atoms with Crippen LogP contribution in [0, 0.1) is 0 Å². The standard InChI is InChI=1S/C23H20ClN3O/c1-16(18-5-3-2-4-6-18)26-23(28)19-9-12-22-21(13-19)25-15-27(22)14-17-7-10-20(24)11-8-17/h2-13,15-16H,14H2,1H3,(H,26,28). The summed E-state index contributed by atoms with van der Waals surface area (Å²) in [5.74, 6) is -0.106. The van der Waals surface area contributed by atoms with Crippen LogP contribution in [0.1, 0.15) is 34.5 Å². The van der Waals surface area contributed by atoms with Crippen molar-refractivity contribution in [1.29, 1.82) is 0 Å². The lowest BCUT2D eigenvalue weighted by molar-refractivity contribution is 0.0940. The lowest BCUT2D eigenvalue weighted by Gasteiger charge is -2.14. The third kappa shape index (κ3) is 3.92. The summed E-state index contributed by atoms with van der Waals surface area (Å²) in [5, 5.41) is 3.76. The number of hydrogen-bond donors (Lipinski definition) is 1. The zero-order valence-electron chi connectivity index (χ0n) is 15.5. The van der Waals surface area contributed by atoms with Crippen molar-refractivity contribution >= 4 is 28.5 Å². The lowest BCUT2D eigenvalue weighted by Crippen LogP contribution is -2.26. The zero-order chi connectivity index (χ0) is 19.5. The lowest BCUT2D eigenvalue weighted by atomic mass is 10.1. The Morgan fingerprint density at radius 1 is 1.07 bits per heavy atom. The van der Waals surface area contributed by atoms with Crippen molar-refractivity contribution in [3.05, 3.63) is 101 Å². The van der Waals surface area contributed by atoms with Gasteiger partial charge in [0.1, 0.15) is 0 Å². The number of benzene rings is 3. The molecule has 1 amide bonds. The van der Waals surface area contributed by atoms with Gasteiger partial charge in [0.25, 0.3) is 5.91 Å². The Balaban J connectivity index is 1.52. The van der Waals surface area contributed by atoms with Crippen LogP contribution in [0.15, 0.2) is 79.1 Å². The van der Waals surface area contributed by atoms with Crippen LogP contribution in [-0.4, -0.2) is 15.5 Å². The van der Waals surface area contributed by atoms with E-state index in [1.54, 1.807) is 6.33 Å². The summed E-state index contributed by atoms with van der Waals surface area (Å²) in [6, 6.07) is 23.2. The summed E-state index contributed by atoms with van der Waals surface area (Å²) in [6.07, 6.45) is 1.80. The van der Waals surface area contributed by atoms with Gasteiger partial charge in [-0.3, -0.25) is 4.79 Å². The molecule has 1 aromatic heterocycles. The molecule has 1 heterocycles. The number of fused-ring (bicyclic) bond motifs is 1. The van der Waals surface area contributed by atoms with Crippen molar-refractivity contribution in [2.75, 3.05) is 0 Å². The first-order valence-electron chi connectivity index (χ1n) is 9.15. The van der Waals surface area contributed by atoms with Gasteiger partial charge in [0.15, 0.2) is 0 Å². The molecule has 1 N–H and O–H groups in total. The largest absolute Gasteiger partial charge is 0.346 e. The molecule has 4 aromatic rings. The minimum Gasteiger partial charge on any atom is -0.346 e. The number of nitrogens with zero attached hydrogens (tertiary/aromatic N) is 2. The molecule has 3 aromatic carbocycles. The molecule has 140 valence electrons. The Morgan fingerprint density at radius 2 is 1.82 bits per heavy atom. The molecular weight excluding hydrogens is 370 g/mol. The molecular formula is C23H20ClN3O. The van der Waals surface area contributed by atoms with Crippen LogP contribution in [0.25, 0.3) is 11.0 Å². The SMILES string of the molecule is CC(NC(=O)c1ccc2c(c1)ncn2Cc1ccc(Cl)cc1)c1ccccc1. The topological polar surface area (TPSA) is 46.9 Å². The molecule has 28 heavy (non-hydrogen) atoms. The molecule has 4 rings (SSSR count). The molecule has 0 aliphatic carbocycles. The Labute approximate surface area is 168 Å². The Hall–Kier alpha value is -3.11. The highest BCUT2D eigenvalue weighted by molar-refractivity contribution is 6.30. The predicted octanol–water partition coefficient (Wildman–Crippen LogP) is 5.23. The van der Waals surface area contributed by atoms with E-state index in [-0.39, 0.29) is 11.9 Å². The highest BCUT2D eigenvalue weighted by Gasteiger charge is 2.13. The minimum atomic E-state index is -0.106. The van der Waals surface area contributed by atoms with Gasteiger partial charge < -0.3 is 9.88 Å². The van der Waals surface area contributed by atoms with Gasteiger partial charge in [-0.25, -0.2) is 4.98 Å². The predicted molar refractivity (Wildman–Crippen MR) is 113 cm³/mol. The number of carbonyl (C=O) groups is 1. The maximum absolute atomic E-state index is 12.6. The summed E-state index contributed by atoms with van der Waals surface area (Å²) in [5.41, 5.74) is 4.61. The van der Waals surface area contributed by atoms with Gasteiger partial charge >= 0.3 is 0 Å². The van der Waals surface area contributed by atoms with Crippen LogP contribution in [-0.2, 0) is 6.54 Å². The van der Waals surface area contributed by atoms with Crippen LogP contribution in [0.5, 0.6) is 0 Å².